The van der Waals surface area contributed by atoms with Crippen molar-refractivity contribution in [2.24, 2.45) is 0 Å². The van der Waals surface area contributed by atoms with Gasteiger partial charge in [-0.1, -0.05) is 13.8 Å². The second kappa shape index (κ2) is 9.25. The van der Waals surface area contributed by atoms with Crippen molar-refractivity contribution in [1.82, 2.24) is 4.90 Å². The average Bonchev–Trinajstić information content (AvgIpc) is 2.59. The van der Waals surface area contributed by atoms with Crippen LogP contribution >= 0.6 is 0 Å². The zero-order chi connectivity index (χ0) is 16.5. The number of nitrogens with one attached hydrogen (secondary N) is 1. The number of nitrogens with zero attached hydrogens (tertiary/aromatic N) is 1. The Hall–Kier alpha value is -1.95. The van der Waals surface area contributed by atoms with Gasteiger partial charge in [0.1, 0.15) is 0 Å². The minimum absolute atomic E-state index is 0.114. The number of anilines is 1. The molecular weight excluding hydrogens is 296 g/mol. The molecule has 2 rings (SSSR count). The molecule has 1 N–H and O–H groups in total. The second-order valence-electron chi connectivity index (χ2n) is 5.39. The van der Waals surface area contributed by atoms with Gasteiger partial charge in [-0.05, 0) is 25.0 Å². The molecule has 6 nitrogen and oxygen atoms in total. The number of carbonyl (C=O) groups excluding carboxylic acids is 1. The minimum atomic E-state index is -0.114. The molecule has 0 unspecified atom stereocenters. The van der Waals surface area contributed by atoms with Gasteiger partial charge in [0, 0.05) is 24.8 Å². The van der Waals surface area contributed by atoms with Crippen LogP contribution in [-0.2, 0) is 4.74 Å². The van der Waals surface area contributed by atoms with Gasteiger partial charge in [-0.15, -0.1) is 0 Å². The van der Waals surface area contributed by atoms with Gasteiger partial charge in [0.25, 0.3) is 0 Å². The molecule has 0 atom stereocenters. The molecule has 1 saturated heterocycles. The van der Waals surface area contributed by atoms with Gasteiger partial charge < -0.3 is 24.4 Å². The smallest absolute Gasteiger partial charge is 0.322 e. The molecule has 1 aliphatic rings. The van der Waals surface area contributed by atoms with Crippen LogP contribution in [0.15, 0.2) is 18.2 Å². The third-order valence-corrected chi connectivity index (χ3v) is 3.42. The molecule has 0 radical (unpaired) electrons. The summed E-state index contributed by atoms with van der Waals surface area (Å²) in [5, 5.41) is 2.91. The minimum Gasteiger partial charge on any atom is -0.490 e. The van der Waals surface area contributed by atoms with E-state index in [9.17, 15) is 4.79 Å². The van der Waals surface area contributed by atoms with Crippen molar-refractivity contribution in [3.63, 3.8) is 0 Å². The summed E-state index contributed by atoms with van der Waals surface area (Å²) in [5.41, 5.74) is 0.705. The van der Waals surface area contributed by atoms with Crippen LogP contribution in [0.4, 0.5) is 10.5 Å². The van der Waals surface area contributed by atoms with Crippen molar-refractivity contribution in [3.8, 4) is 11.5 Å². The van der Waals surface area contributed by atoms with Gasteiger partial charge in [-0.2, -0.15) is 0 Å². The maximum absolute atomic E-state index is 12.2. The Morgan fingerprint density at radius 3 is 2.43 bits per heavy atom. The summed E-state index contributed by atoms with van der Waals surface area (Å²) in [5.74, 6) is 1.38. The SMILES string of the molecule is CCCOc1ccc(NC(=O)N2CCOCC2)cc1OCCC. The zero-order valence-corrected chi connectivity index (χ0v) is 14.0. The van der Waals surface area contributed by atoms with E-state index in [-0.39, 0.29) is 6.03 Å². The second-order valence-corrected chi connectivity index (χ2v) is 5.39. The molecule has 1 fully saturated rings. The van der Waals surface area contributed by atoms with Crippen molar-refractivity contribution in [2.75, 3.05) is 44.8 Å². The molecule has 2 amide bonds. The van der Waals surface area contributed by atoms with Crippen LogP contribution in [0.25, 0.3) is 0 Å². The fourth-order valence-corrected chi connectivity index (χ4v) is 2.21. The van der Waals surface area contributed by atoms with Crippen molar-refractivity contribution in [2.45, 2.75) is 26.7 Å². The first-order valence-corrected chi connectivity index (χ1v) is 8.28. The van der Waals surface area contributed by atoms with Crippen LogP contribution in [-0.4, -0.2) is 50.4 Å². The normalized spacial score (nSPS) is 14.4. The van der Waals surface area contributed by atoms with Crippen molar-refractivity contribution < 1.29 is 19.0 Å². The van der Waals surface area contributed by atoms with E-state index in [1.54, 1.807) is 4.90 Å². The van der Waals surface area contributed by atoms with Crippen molar-refractivity contribution >= 4 is 11.7 Å². The highest BCUT2D eigenvalue weighted by Crippen LogP contribution is 2.31. The molecule has 23 heavy (non-hydrogen) atoms. The fourth-order valence-electron chi connectivity index (χ4n) is 2.21. The average molecular weight is 322 g/mol. The highest BCUT2D eigenvalue weighted by molar-refractivity contribution is 5.89. The van der Waals surface area contributed by atoms with Gasteiger partial charge in [0.15, 0.2) is 11.5 Å². The molecule has 1 aliphatic heterocycles. The van der Waals surface area contributed by atoms with E-state index in [0.29, 0.717) is 56.7 Å². The monoisotopic (exact) mass is 322 g/mol. The number of rotatable bonds is 7. The van der Waals surface area contributed by atoms with E-state index in [0.717, 1.165) is 12.8 Å². The topological polar surface area (TPSA) is 60.0 Å². The Morgan fingerprint density at radius 1 is 1.13 bits per heavy atom. The first-order valence-electron chi connectivity index (χ1n) is 8.28. The molecule has 6 heteroatoms. The molecular formula is C17H26N2O4. The molecule has 1 aromatic carbocycles. The van der Waals surface area contributed by atoms with E-state index in [1.807, 2.05) is 18.2 Å². The number of amides is 2. The van der Waals surface area contributed by atoms with Gasteiger partial charge in [0.2, 0.25) is 0 Å². The number of carbonyl (C=O) groups is 1. The molecule has 0 aliphatic carbocycles. The standard InChI is InChI=1S/C17H26N2O4/c1-3-9-22-15-6-5-14(13-16(15)23-10-4-2)18-17(20)19-7-11-21-12-8-19/h5-6,13H,3-4,7-12H2,1-2H3,(H,18,20). The van der Waals surface area contributed by atoms with Gasteiger partial charge in [-0.25, -0.2) is 4.79 Å². The van der Waals surface area contributed by atoms with Gasteiger partial charge in [0.05, 0.1) is 26.4 Å². The van der Waals surface area contributed by atoms with E-state index in [1.165, 1.54) is 0 Å². The number of ether oxygens (including phenoxy) is 3. The quantitative estimate of drug-likeness (QED) is 0.838. The van der Waals surface area contributed by atoms with E-state index < -0.39 is 0 Å². The molecule has 0 saturated carbocycles. The molecule has 1 aromatic rings. The van der Waals surface area contributed by atoms with E-state index in [4.69, 9.17) is 14.2 Å². The van der Waals surface area contributed by atoms with Crippen LogP contribution in [0, 0.1) is 0 Å². The third-order valence-electron chi connectivity index (χ3n) is 3.42. The van der Waals surface area contributed by atoms with Crippen LogP contribution in [0.2, 0.25) is 0 Å². The summed E-state index contributed by atoms with van der Waals surface area (Å²) in [6, 6.07) is 5.38. The largest absolute Gasteiger partial charge is 0.490 e. The number of urea groups is 1. The summed E-state index contributed by atoms with van der Waals surface area (Å²) < 4.78 is 16.7. The summed E-state index contributed by atoms with van der Waals surface area (Å²) >= 11 is 0. The Bertz CT molecular complexity index is 501. The maximum atomic E-state index is 12.2. The number of morpholine rings is 1. The predicted molar refractivity (Wildman–Crippen MR) is 89.4 cm³/mol. The van der Waals surface area contributed by atoms with E-state index in [2.05, 4.69) is 19.2 Å². The summed E-state index contributed by atoms with van der Waals surface area (Å²) in [6.45, 7) is 7.76. The lowest BCUT2D eigenvalue weighted by atomic mass is 10.2. The first-order chi connectivity index (χ1) is 11.2. The molecule has 1 heterocycles. The van der Waals surface area contributed by atoms with Crippen LogP contribution in [0.3, 0.4) is 0 Å². The molecule has 0 spiro atoms. The highest BCUT2D eigenvalue weighted by atomic mass is 16.5. The van der Waals surface area contributed by atoms with Gasteiger partial charge in [-0.3, -0.25) is 0 Å². The number of hydrogen-bond acceptors (Lipinski definition) is 4. The number of hydrogen-bond donors (Lipinski definition) is 1. The Morgan fingerprint density at radius 2 is 1.78 bits per heavy atom. The van der Waals surface area contributed by atoms with Crippen molar-refractivity contribution in [1.29, 1.82) is 0 Å². The maximum Gasteiger partial charge on any atom is 0.322 e. The third kappa shape index (κ3) is 5.32. The summed E-state index contributed by atoms with van der Waals surface area (Å²) in [7, 11) is 0. The van der Waals surface area contributed by atoms with Crippen LogP contribution in [0.1, 0.15) is 26.7 Å². The van der Waals surface area contributed by atoms with E-state index >= 15 is 0 Å². The highest BCUT2D eigenvalue weighted by Gasteiger charge is 2.17. The zero-order valence-electron chi connectivity index (χ0n) is 14.0. The predicted octanol–water partition coefficient (Wildman–Crippen LogP) is 3.13. The lowest BCUT2D eigenvalue weighted by Crippen LogP contribution is -2.43. The Balaban J connectivity index is 2.04. The fraction of sp³-hybridized carbons (Fsp3) is 0.588. The Labute approximate surface area is 137 Å². The summed E-state index contributed by atoms with van der Waals surface area (Å²) in [4.78, 5) is 14.0. The Kier molecular flexibility index (Phi) is 7.00. The molecule has 0 bridgehead atoms. The van der Waals surface area contributed by atoms with Crippen LogP contribution in [0.5, 0.6) is 11.5 Å². The first kappa shape index (κ1) is 17.4. The molecule has 0 aromatic heterocycles. The lowest BCUT2D eigenvalue weighted by molar-refractivity contribution is 0.0564. The van der Waals surface area contributed by atoms with Crippen LogP contribution < -0.4 is 14.8 Å². The van der Waals surface area contributed by atoms with Gasteiger partial charge >= 0.3 is 6.03 Å². The lowest BCUT2D eigenvalue weighted by Gasteiger charge is -2.27. The number of benzene rings is 1. The molecule has 128 valence electrons. The van der Waals surface area contributed by atoms with Crippen molar-refractivity contribution in [3.05, 3.63) is 18.2 Å². The summed E-state index contributed by atoms with van der Waals surface area (Å²) in [6.07, 6.45) is 1.85.